The molecule has 1 aliphatic rings. The zero-order chi connectivity index (χ0) is 24.8. The molecular formula is C25H34N4O5. The lowest BCUT2D eigenvalue weighted by molar-refractivity contribution is -0.125. The molecule has 2 aromatic rings. The Hall–Kier alpha value is -3.23. The van der Waals surface area contributed by atoms with Crippen molar-refractivity contribution in [2.45, 2.75) is 72.0 Å². The van der Waals surface area contributed by atoms with Crippen molar-refractivity contribution in [2.24, 2.45) is 17.8 Å². The van der Waals surface area contributed by atoms with Gasteiger partial charge in [0.25, 0.3) is 11.8 Å². The summed E-state index contributed by atoms with van der Waals surface area (Å²) in [7, 11) is 0. The maximum absolute atomic E-state index is 13.2. The third-order valence-corrected chi connectivity index (χ3v) is 5.90. The largest absolute Gasteiger partial charge is 0.437 e. The Morgan fingerprint density at radius 3 is 2.44 bits per heavy atom. The molecule has 9 heteroatoms. The zero-order valence-corrected chi connectivity index (χ0v) is 20.2. The minimum atomic E-state index is -0.871. The average molecular weight is 471 g/mol. The van der Waals surface area contributed by atoms with E-state index in [9.17, 15) is 19.2 Å². The first-order chi connectivity index (χ1) is 16.2. The van der Waals surface area contributed by atoms with Gasteiger partial charge in [0.05, 0.1) is 18.5 Å². The Morgan fingerprint density at radius 1 is 1.09 bits per heavy atom. The third kappa shape index (κ3) is 6.42. The monoisotopic (exact) mass is 470 g/mol. The molecule has 0 saturated heterocycles. The topological polar surface area (TPSA) is 123 Å². The summed E-state index contributed by atoms with van der Waals surface area (Å²) in [6.07, 6.45) is 2.48. The molecule has 3 atom stereocenters. The van der Waals surface area contributed by atoms with E-state index < -0.39 is 23.5 Å². The Morgan fingerprint density at radius 2 is 1.79 bits per heavy atom. The fourth-order valence-electron chi connectivity index (χ4n) is 4.29. The SMILES string of the molecule is CC(C)C[C@H](NC(=O)[C@@H]1CCC[C@@H]1NC(=O)c1ccccc1)C(=O)c1nn(CC(C)C)c(=O)o1. The summed E-state index contributed by atoms with van der Waals surface area (Å²) in [5, 5.41) is 9.87. The van der Waals surface area contributed by atoms with Crippen LogP contribution < -0.4 is 16.4 Å². The van der Waals surface area contributed by atoms with Gasteiger partial charge >= 0.3 is 5.76 Å². The van der Waals surface area contributed by atoms with E-state index in [1.165, 1.54) is 0 Å². The Bertz CT molecular complexity index is 1060. The first-order valence-electron chi connectivity index (χ1n) is 11.9. The van der Waals surface area contributed by atoms with Gasteiger partial charge in [-0.15, -0.1) is 5.10 Å². The van der Waals surface area contributed by atoms with E-state index >= 15 is 0 Å². The van der Waals surface area contributed by atoms with E-state index in [1.807, 2.05) is 33.8 Å². The van der Waals surface area contributed by atoms with Crippen LogP contribution in [0.3, 0.4) is 0 Å². The first-order valence-corrected chi connectivity index (χ1v) is 11.9. The van der Waals surface area contributed by atoms with E-state index in [4.69, 9.17) is 4.42 Å². The predicted octanol–water partition coefficient (Wildman–Crippen LogP) is 2.80. The Labute approximate surface area is 199 Å². The summed E-state index contributed by atoms with van der Waals surface area (Å²) in [5.74, 6) is -2.21. The number of nitrogens with zero attached hydrogens (tertiary/aromatic N) is 2. The molecule has 0 bridgehead atoms. The Kier molecular flexibility index (Phi) is 8.41. The maximum Gasteiger partial charge on any atom is 0.437 e. The van der Waals surface area contributed by atoms with Crippen LogP contribution in [0.25, 0.3) is 0 Å². The van der Waals surface area contributed by atoms with E-state index in [-0.39, 0.29) is 35.6 Å². The van der Waals surface area contributed by atoms with Gasteiger partial charge in [-0.25, -0.2) is 4.79 Å². The van der Waals surface area contributed by atoms with Gasteiger partial charge < -0.3 is 15.1 Å². The minimum absolute atomic E-state index is 0.107. The van der Waals surface area contributed by atoms with Crippen molar-refractivity contribution in [3.63, 3.8) is 0 Å². The number of carbonyl (C=O) groups excluding carboxylic acids is 3. The van der Waals surface area contributed by atoms with Crippen LogP contribution in [0.4, 0.5) is 0 Å². The van der Waals surface area contributed by atoms with Gasteiger partial charge in [-0.05, 0) is 43.2 Å². The average Bonchev–Trinajstić information content (AvgIpc) is 3.39. The van der Waals surface area contributed by atoms with Crippen molar-refractivity contribution in [2.75, 3.05) is 0 Å². The molecule has 1 aliphatic carbocycles. The first kappa shape index (κ1) is 25.4. The second kappa shape index (κ2) is 11.3. The summed E-state index contributed by atoms with van der Waals surface area (Å²) >= 11 is 0. The molecule has 3 rings (SSSR count). The number of carbonyl (C=O) groups is 3. The molecule has 2 amide bonds. The van der Waals surface area contributed by atoms with Gasteiger partial charge in [-0.2, -0.15) is 4.68 Å². The lowest BCUT2D eigenvalue weighted by atomic mass is 9.97. The molecule has 1 fully saturated rings. The molecule has 1 aromatic heterocycles. The fraction of sp³-hybridized carbons (Fsp3) is 0.560. The molecule has 0 radical (unpaired) electrons. The number of aromatic nitrogens is 2. The van der Waals surface area contributed by atoms with Crippen LogP contribution in [-0.2, 0) is 11.3 Å². The highest BCUT2D eigenvalue weighted by Crippen LogP contribution is 2.27. The molecule has 0 spiro atoms. The van der Waals surface area contributed by atoms with E-state index in [0.29, 0.717) is 31.4 Å². The fourth-order valence-corrected chi connectivity index (χ4v) is 4.29. The van der Waals surface area contributed by atoms with Crippen LogP contribution in [0, 0.1) is 17.8 Å². The summed E-state index contributed by atoms with van der Waals surface area (Å²) in [6, 6.07) is 7.68. The van der Waals surface area contributed by atoms with Crippen LogP contribution in [-0.4, -0.2) is 39.5 Å². The lowest BCUT2D eigenvalue weighted by Crippen LogP contribution is -2.49. The highest BCUT2D eigenvalue weighted by atomic mass is 16.4. The van der Waals surface area contributed by atoms with Gasteiger partial charge in [-0.1, -0.05) is 52.3 Å². The van der Waals surface area contributed by atoms with Crippen molar-refractivity contribution < 1.29 is 18.8 Å². The number of Topliss-reactive ketones (excluding diaryl/α,β-unsaturated/α-hetero) is 1. The van der Waals surface area contributed by atoms with Gasteiger partial charge in [0.15, 0.2) is 0 Å². The van der Waals surface area contributed by atoms with Crippen LogP contribution in [0.15, 0.2) is 39.5 Å². The summed E-state index contributed by atoms with van der Waals surface area (Å²) in [5.41, 5.74) is 0.536. The lowest BCUT2D eigenvalue weighted by Gasteiger charge is -2.24. The second-order valence-corrected chi connectivity index (χ2v) is 9.79. The molecule has 1 saturated carbocycles. The molecule has 1 aromatic carbocycles. The zero-order valence-electron chi connectivity index (χ0n) is 20.2. The number of nitrogens with one attached hydrogen (secondary N) is 2. The van der Waals surface area contributed by atoms with E-state index in [0.717, 1.165) is 11.1 Å². The van der Waals surface area contributed by atoms with Gasteiger partial charge in [-0.3, -0.25) is 14.4 Å². The Balaban J connectivity index is 1.71. The molecular weight excluding hydrogens is 436 g/mol. The molecule has 34 heavy (non-hydrogen) atoms. The number of rotatable bonds is 10. The smallest absolute Gasteiger partial charge is 0.384 e. The number of hydrogen-bond acceptors (Lipinski definition) is 6. The quantitative estimate of drug-likeness (QED) is 0.515. The highest BCUT2D eigenvalue weighted by Gasteiger charge is 2.37. The molecule has 0 unspecified atom stereocenters. The van der Waals surface area contributed by atoms with Crippen LogP contribution in [0.5, 0.6) is 0 Å². The van der Waals surface area contributed by atoms with Crippen molar-refractivity contribution >= 4 is 17.6 Å². The van der Waals surface area contributed by atoms with Crippen LogP contribution >= 0.6 is 0 Å². The maximum atomic E-state index is 13.2. The normalized spacial score (nSPS) is 18.8. The number of ketones is 1. The van der Waals surface area contributed by atoms with Crippen LogP contribution in [0.2, 0.25) is 0 Å². The van der Waals surface area contributed by atoms with Crippen molar-refractivity contribution in [1.29, 1.82) is 0 Å². The van der Waals surface area contributed by atoms with Gasteiger partial charge in [0.2, 0.25) is 11.7 Å². The molecule has 0 aliphatic heterocycles. The van der Waals surface area contributed by atoms with Crippen LogP contribution in [0.1, 0.15) is 74.4 Å². The van der Waals surface area contributed by atoms with Crippen molar-refractivity contribution in [3.8, 4) is 0 Å². The number of benzene rings is 1. The van der Waals surface area contributed by atoms with Gasteiger partial charge in [0.1, 0.15) is 0 Å². The van der Waals surface area contributed by atoms with E-state index in [1.54, 1.807) is 24.3 Å². The van der Waals surface area contributed by atoms with Crippen molar-refractivity contribution in [1.82, 2.24) is 20.4 Å². The third-order valence-electron chi connectivity index (χ3n) is 5.90. The summed E-state index contributed by atoms with van der Waals surface area (Å²) < 4.78 is 6.25. The van der Waals surface area contributed by atoms with E-state index in [2.05, 4.69) is 15.7 Å². The van der Waals surface area contributed by atoms with Gasteiger partial charge in [0, 0.05) is 11.6 Å². The standard InChI is InChI=1S/C25H34N4O5/c1-15(2)13-20(21(30)24-28-29(14-16(3)4)25(33)34-24)27-23(32)18-11-8-12-19(18)26-22(31)17-9-6-5-7-10-17/h5-7,9-10,15-16,18-20H,8,11-14H2,1-4H3,(H,26,31)(H,27,32)/t18-,19+,20+/m1/s1. The minimum Gasteiger partial charge on any atom is -0.384 e. The number of hydrogen-bond donors (Lipinski definition) is 2. The summed E-state index contributed by atoms with van der Waals surface area (Å²) in [4.78, 5) is 51.0. The second-order valence-electron chi connectivity index (χ2n) is 9.79. The molecule has 2 N–H and O–H groups in total. The number of amides is 2. The highest BCUT2D eigenvalue weighted by molar-refractivity contribution is 5.99. The molecule has 184 valence electrons. The predicted molar refractivity (Wildman–Crippen MR) is 126 cm³/mol. The van der Waals surface area contributed by atoms with Crippen molar-refractivity contribution in [3.05, 3.63) is 52.3 Å². The molecule has 9 nitrogen and oxygen atoms in total. The molecule has 1 heterocycles. The summed E-state index contributed by atoms with van der Waals surface area (Å²) in [6.45, 7) is 8.08.